The Morgan fingerprint density at radius 3 is 2.48 bits per heavy atom. The molecule has 1 aliphatic heterocycles. The summed E-state index contributed by atoms with van der Waals surface area (Å²) in [5, 5.41) is 0. The zero-order chi connectivity index (χ0) is 17.1. The summed E-state index contributed by atoms with van der Waals surface area (Å²) in [5.74, 6) is 2.67. The van der Waals surface area contributed by atoms with E-state index in [9.17, 15) is 0 Å². The molecule has 0 amide bonds. The Morgan fingerprint density at radius 2 is 1.87 bits per heavy atom. The van der Waals surface area contributed by atoms with Crippen LogP contribution in [0.1, 0.15) is 58.9 Å². The van der Waals surface area contributed by atoms with Crippen LogP contribution in [-0.2, 0) is 6.42 Å². The first-order valence-corrected chi connectivity index (χ1v) is 9.52. The van der Waals surface area contributed by atoms with Gasteiger partial charge in [-0.2, -0.15) is 0 Å². The van der Waals surface area contributed by atoms with Gasteiger partial charge in [0, 0.05) is 0 Å². The molecule has 0 unspecified atom stereocenters. The van der Waals surface area contributed by atoms with Gasteiger partial charge in [0.05, 0.1) is 7.11 Å². The molecule has 0 N–H and O–H groups in total. The number of rotatable bonds is 7. The maximum Gasteiger partial charge on any atom is 0.119 e. The lowest BCUT2D eigenvalue weighted by Crippen LogP contribution is -2.35. The van der Waals surface area contributed by atoms with Crippen LogP contribution in [0.15, 0.2) is 24.3 Å². The summed E-state index contributed by atoms with van der Waals surface area (Å²) in [4.78, 5) is 2.66. The molecule has 2 rings (SSSR count). The van der Waals surface area contributed by atoms with E-state index in [1.54, 1.807) is 7.11 Å². The standard InChI is InChI=1S/C19H31NO.C2H6/c1-16(2)6-5-11-20-12-9-17(10-13-20)14-18-7-4-8-19(15-18)21-3;1-2/h4,7-8,15-17H,5-6,9-14H2,1-3H3;1-2H3. The normalized spacial score (nSPS) is 16.1. The molecule has 0 radical (unpaired) electrons. The van der Waals surface area contributed by atoms with Crippen molar-refractivity contribution >= 4 is 0 Å². The highest BCUT2D eigenvalue weighted by atomic mass is 16.5. The number of ether oxygens (including phenoxy) is 1. The summed E-state index contributed by atoms with van der Waals surface area (Å²) in [6.45, 7) is 12.5. The van der Waals surface area contributed by atoms with E-state index in [-0.39, 0.29) is 0 Å². The fourth-order valence-electron chi connectivity index (χ4n) is 3.27. The van der Waals surface area contributed by atoms with Gasteiger partial charge in [0.15, 0.2) is 0 Å². The van der Waals surface area contributed by atoms with Crippen LogP contribution in [0.5, 0.6) is 5.75 Å². The van der Waals surface area contributed by atoms with Gasteiger partial charge >= 0.3 is 0 Å². The van der Waals surface area contributed by atoms with E-state index in [0.717, 1.165) is 17.6 Å². The number of nitrogens with zero attached hydrogens (tertiary/aromatic N) is 1. The molecule has 23 heavy (non-hydrogen) atoms. The first kappa shape index (κ1) is 20.0. The maximum atomic E-state index is 5.32. The summed E-state index contributed by atoms with van der Waals surface area (Å²) in [5.41, 5.74) is 1.42. The van der Waals surface area contributed by atoms with Gasteiger partial charge in [-0.1, -0.05) is 39.8 Å². The Kier molecular flexibility index (Phi) is 10.0. The fourth-order valence-corrected chi connectivity index (χ4v) is 3.27. The van der Waals surface area contributed by atoms with E-state index in [0.29, 0.717) is 0 Å². The van der Waals surface area contributed by atoms with Crippen LogP contribution < -0.4 is 4.74 Å². The van der Waals surface area contributed by atoms with Crippen molar-refractivity contribution in [1.82, 2.24) is 4.90 Å². The van der Waals surface area contributed by atoms with Gasteiger partial charge in [-0.15, -0.1) is 0 Å². The Bertz CT molecular complexity index is 408. The number of benzene rings is 1. The Morgan fingerprint density at radius 1 is 1.17 bits per heavy atom. The van der Waals surface area contributed by atoms with Crippen LogP contribution in [0.4, 0.5) is 0 Å². The van der Waals surface area contributed by atoms with Crippen molar-refractivity contribution in [2.45, 2.75) is 59.8 Å². The zero-order valence-corrected chi connectivity index (χ0v) is 16.0. The molecule has 2 nitrogen and oxygen atoms in total. The molecule has 0 aromatic heterocycles. The number of likely N-dealkylation sites (tertiary alicyclic amines) is 1. The lowest BCUT2D eigenvalue weighted by Gasteiger charge is -2.32. The van der Waals surface area contributed by atoms with Crippen LogP contribution in [-0.4, -0.2) is 31.6 Å². The molecular weight excluding hydrogens is 282 g/mol. The largest absolute Gasteiger partial charge is 0.497 e. The molecule has 1 aliphatic rings. The third kappa shape index (κ3) is 7.87. The molecule has 1 aromatic carbocycles. The molecule has 2 heteroatoms. The monoisotopic (exact) mass is 319 g/mol. The summed E-state index contributed by atoms with van der Waals surface area (Å²) < 4.78 is 5.32. The topological polar surface area (TPSA) is 12.5 Å². The molecule has 0 atom stereocenters. The van der Waals surface area contributed by atoms with Gasteiger partial charge in [-0.05, 0) is 81.3 Å². The fraction of sp³-hybridized carbons (Fsp3) is 0.714. The van der Waals surface area contributed by atoms with Crippen molar-refractivity contribution in [1.29, 1.82) is 0 Å². The lowest BCUT2D eigenvalue weighted by molar-refractivity contribution is 0.179. The molecule has 0 aliphatic carbocycles. The zero-order valence-electron chi connectivity index (χ0n) is 16.0. The van der Waals surface area contributed by atoms with E-state index in [4.69, 9.17) is 4.74 Å². The quantitative estimate of drug-likeness (QED) is 0.666. The van der Waals surface area contributed by atoms with Gasteiger partial charge in [-0.25, -0.2) is 0 Å². The van der Waals surface area contributed by atoms with Gasteiger partial charge in [0.2, 0.25) is 0 Å². The third-order valence-electron chi connectivity index (χ3n) is 4.62. The second-order valence-corrected chi connectivity index (χ2v) is 6.88. The molecule has 0 spiro atoms. The molecule has 0 saturated carbocycles. The van der Waals surface area contributed by atoms with Crippen molar-refractivity contribution in [3.8, 4) is 5.75 Å². The number of hydrogen-bond acceptors (Lipinski definition) is 2. The molecular formula is C21H37NO. The highest BCUT2D eigenvalue weighted by Gasteiger charge is 2.19. The van der Waals surface area contributed by atoms with E-state index < -0.39 is 0 Å². The SMILES string of the molecule is CC.COc1cccc(CC2CCN(CCCC(C)C)CC2)c1. The Hall–Kier alpha value is -1.02. The summed E-state index contributed by atoms with van der Waals surface area (Å²) >= 11 is 0. The average Bonchev–Trinajstić information content (AvgIpc) is 2.58. The molecule has 1 fully saturated rings. The van der Waals surface area contributed by atoms with Crippen LogP contribution in [0.3, 0.4) is 0 Å². The second-order valence-electron chi connectivity index (χ2n) is 6.88. The minimum atomic E-state index is 0.843. The first-order chi connectivity index (χ1) is 11.2. The molecule has 132 valence electrons. The van der Waals surface area contributed by atoms with Crippen molar-refractivity contribution < 1.29 is 4.74 Å². The molecule has 1 aromatic rings. The van der Waals surface area contributed by atoms with Gasteiger partial charge in [-0.3, -0.25) is 0 Å². The van der Waals surface area contributed by atoms with Crippen LogP contribution in [0, 0.1) is 11.8 Å². The van der Waals surface area contributed by atoms with Gasteiger partial charge in [0.25, 0.3) is 0 Å². The lowest BCUT2D eigenvalue weighted by atomic mass is 9.90. The average molecular weight is 320 g/mol. The predicted octanol–water partition coefficient (Wildman–Crippen LogP) is 5.41. The van der Waals surface area contributed by atoms with Crippen LogP contribution >= 0.6 is 0 Å². The number of methoxy groups -OCH3 is 1. The number of piperidine rings is 1. The van der Waals surface area contributed by atoms with Crippen molar-refractivity contribution in [2.75, 3.05) is 26.7 Å². The summed E-state index contributed by atoms with van der Waals surface area (Å²) in [7, 11) is 1.74. The minimum Gasteiger partial charge on any atom is -0.497 e. The van der Waals surface area contributed by atoms with Crippen molar-refractivity contribution in [3.05, 3.63) is 29.8 Å². The molecule has 1 heterocycles. The highest BCUT2D eigenvalue weighted by Crippen LogP contribution is 2.23. The summed E-state index contributed by atoms with van der Waals surface area (Å²) in [6.07, 6.45) is 6.62. The van der Waals surface area contributed by atoms with E-state index in [1.165, 1.54) is 57.3 Å². The molecule has 0 bridgehead atoms. The molecule has 1 saturated heterocycles. The van der Waals surface area contributed by atoms with Crippen LogP contribution in [0.25, 0.3) is 0 Å². The highest BCUT2D eigenvalue weighted by molar-refractivity contribution is 5.28. The van der Waals surface area contributed by atoms with Gasteiger partial charge < -0.3 is 9.64 Å². The number of hydrogen-bond donors (Lipinski definition) is 0. The minimum absolute atomic E-state index is 0.843. The predicted molar refractivity (Wildman–Crippen MR) is 101 cm³/mol. The van der Waals surface area contributed by atoms with E-state index >= 15 is 0 Å². The third-order valence-corrected chi connectivity index (χ3v) is 4.62. The van der Waals surface area contributed by atoms with Gasteiger partial charge in [0.1, 0.15) is 5.75 Å². The van der Waals surface area contributed by atoms with E-state index in [2.05, 4.69) is 36.9 Å². The second kappa shape index (κ2) is 11.5. The van der Waals surface area contributed by atoms with E-state index in [1.807, 2.05) is 19.9 Å². The maximum absolute atomic E-state index is 5.32. The summed E-state index contributed by atoms with van der Waals surface area (Å²) in [6, 6.07) is 8.56. The van der Waals surface area contributed by atoms with Crippen molar-refractivity contribution in [2.24, 2.45) is 11.8 Å². The Labute approximate surface area is 144 Å². The van der Waals surface area contributed by atoms with Crippen molar-refractivity contribution in [3.63, 3.8) is 0 Å². The smallest absolute Gasteiger partial charge is 0.119 e. The Balaban J connectivity index is 0.00000127. The first-order valence-electron chi connectivity index (χ1n) is 9.52. The van der Waals surface area contributed by atoms with Crippen LogP contribution in [0.2, 0.25) is 0 Å².